The van der Waals surface area contributed by atoms with E-state index in [2.05, 4.69) is 42.8 Å². The zero-order valence-electron chi connectivity index (χ0n) is 13.1. The number of piperazine rings is 1. The Labute approximate surface area is 157 Å². The van der Waals surface area contributed by atoms with Gasteiger partial charge in [-0.3, -0.25) is 9.89 Å². The average Bonchev–Trinajstić information content (AvgIpc) is 3.23. The molecule has 2 aromatic rings. The zero-order valence-corrected chi connectivity index (χ0v) is 16.3. The van der Waals surface area contributed by atoms with Gasteiger partial charge in [-0.2, -0.15) is 0 Å². The third-order valence-electron chi connectivity index (χ3n) is 3.76. The monoisotopic (exact) mass is 447 g/mol. The predicted molar refractivity (Wildman–Crippen MR) is 103 cm³/mol. The van der Waals surface area contributed by atoms with Gasteiger partial charge >= 0.3 is 0 Å². The smallest absolute Gasteiger partial charge is 0.194 e. The van der Waals surface area contributed by atoms with Gasteiger partial charge in [0.2, 0.25) is 0 Å². The second-order valence-corrected chi connectivity index (χ2v) is 6.27. The Morgan fingerprint density at radius 1 is 1.35 bits per heavy atom. The molecule has 1 aliphatic heterocycles. The Kier molecular flexibility index (Phi) is 7.31. The molecular weight excluding hydrogens is 425 g/mol. The van der Waals surface area contributed by atoms with E-state index in [1.807, 2.05) is 13.1 Å². The number of hydrogen-bond acceptors (Lipinski definition) is 5. The molecule has 0 radical (unpaired) electrons. The largest absolute Gasteiger partial charge is 0.364 e. The lowest BCUT2D eigenvalue weighted by Gasteiger charge is -2.36. The molecule has 0 aliphatic carbocycles. The fraction of sp³-hybridized carbons (Fsp3) is 0.467. The first-order valence-corrected chi connectivity index (χ1v) is 8.32. The van der Waals surface area contributed by atoms with Gasteiger partial charge in [-0.15, -0.1) is 35.3 Å². The van der Waals surface area contributed by atoms with Gasteiger partial charge in [-0.1, -0.05) is 11.2 Å². The molecule has 0 amide bonds. The Morgan fingerprint density at radius 3 is 2.78 bits per heavy atom. The molecule has 2 aromatic heterocycles. The van der Waals surface area contributed by atoms with Gasteiger partial charge in [0.15, 0.2) is 5.96 Å². The summed E-state index contributed by atoms with van der Waals surface area (Å²) in [4.78, 5) is 10.4. The van der Waals surface area contributed by atoms with E-state index in [0.717, 1.165) is 50.9 Å². The Bertz CT molecular complexity index is 579. The van der Waals surface area contributed by atoms with E-state index in [-0.39, 0.29) is 24.0 Å². The molecule has 1 fully saturated rings. The van der Waals surface area contributed by atoms with Crippen LogP contribution in [0.3, 0.4) is 0 Å². The first kappa shape index (κ1) is 18.2. The molecule has 0 atom stereocenters. The third kappa shape index (κ3) is 5.18. The number of thiophene rings is 1. The van der Waals surface area contributed by atoms with Crippen molar-refractivity contribution < 1.29 is 4.52 Å². The topological polar surface area (TPSA) is 56.9 Å². The lowest BCUT2D eigenvalue weighted by molar-refractivity contribution is 0.169. The van der Waals surface area contributed by atoms with Crippen LogP contribution in [-0.2, 0) is 13.1 Å². The highest BCUT2D eigenvalue weighted by Gasteiger charge is 2.20. The van der Waals surface area contributed by atoms with Crippen LogP contribution in [0.15, 0.2) is 39.4 Å². The summed E-state index contributed by atoms with van der Waals surface area (Å²) in [5.41, 5.74) is 0.994. The van der Waals surface area contributed by atoms with Crippen LogP contribution in [0.2, 0.25) is 0 Å². The van der Waals surface area contributed by atoms with Gasteiger partial charge in [0.05, 0.1) is 12.2 Å². The molecule has 1 aliphatic rings. The standard InChI is InChI=1S/C15H21N5OS.HI/c1-16-15(17-11-14-3-2-10-22-14)20-7-5-19(6-8-20)12-13-4-9-21-18-13;/h2-4,9-10H,5-8,11-12H2,1H3,(H,16,17);1H. The van der Waals surface area contributed by atoms with E-state index >= 15 is 0 Å². The van der Waals surface area contributed by atoms with E-state index < -0.39 is 0 Å². The maximum Gasteiger partial charge on any atom is 0.194 e. The number of aromatic nitrogens is 1. The molecule has 3 heterocycles. The number of nitrogens with one attached hydrogen (secondary N) is 1. The molecule has 0 saturated carbocycles. The fourth-order valence-electron chi connectivity index (χ4n) is 2.58. The predicted octanol–water partition coefficient (Wildman–Crippen LogP) is 2.25. The molecule has 1 saturated heterocycles. The van der Waals surface area contributed by atoms with Crippen LogP contribution in [0.1, 0.15) is 10.6 Å². The molecule has 126 valence electrons. The van der Waals surface area contributed by atoms with Gasteiger partial charge in [0, 0.05) is 50.7 Å². The first-order chi connectivity index (χ1) is 10.8. The molecule has 1 N–H and O–H groups in total. The molecule has 0 unspecified atom stereocenters. The molecule has 0 spiro atoms. The Morgan fingerprint density at radius 2 is 2.17 bits per heavy atom. The van der Waals surface area contributed by atoms with Gasteiger partial charge in [0.1, 0.15) is 6.26 Å². The van der Waals surface area contributed by atoms with E-state index in [1.54, 1.807) is 17.6 Å². The second kappa shape index (κ2) is 9.24. The molecule has 0 aromatic carbocycles. The Balaban J connectivity index is 0.00000192. The van der Waals surface area contributed by atoms with Gasteiger partial charge in [-0.05, 0) is 11.4 Å². The van der Waals surface area contributed by atoms with E-state index in [9.17, 15) is 0 Å². The summed E-state index contributed by atoms with van der Waals surface area (Å²) >= 11 is 1.76. The van der Waals surface area contributed by atoms with Crippen molar-refractivity contribution in [1.29, 1.82) is 0 Å². The maximum atomic E-state index is 4.88. The van der Waals surface area contributed by atoms with Crippen molar-refractivity contribution in [3.8, 4) is 0 Å². The van der Waals surface area contributed by atoms with E-state index in [0.29, 0.717) is 0 Å². The molecule has 6 nitrogen and oxygen atoms in total. The van der Waals surface area contributed by atoms with Crippen LogP contribution in [0, 0.1) is 0 Å². The molecule has 3 rings (SSSR count). The van der Waals surface area contributed by atoms with Crippen molar-refractivity contribution in [3.63, 3.8) is 0 Å². The molecule has 0 bridgehead atoms. The summed E-state index contributed by atoms with van der Waals surface area (Å²) in [5.74, 6) is 0.981. The minimum Gasteiger partial charge on any atom is -0.364 e. The van der Waals surface area contributed by atoms with Gasteiger partial charge in [0.25, 0.3) is 0 Å². The van der Waals surface area contributed by atoms with Crippen LogP contribution >= 0.6 is 35.3 Å². The van der Waals surface area contributed by atoms with Crippen LogP contribution in [-0.4, -0.2) is 54.1 Å². The van der Waals surface area contributed by atoms with Crippen LogP contribution in [0.25, 0.3) is 0 Å². The SMILES string of the molecule is CN=C(NCc1cccs1)N1CCN(Cc2ccon2)CC1.I. The lowest BCUT2D eigenvalue weighted by atomic mass is 10.3. The van der Waals surface area contributed by atoms with Crippen molar-refractivity contribution in [2.24, 2.45) is 4.99 Å². The van der Waals surface area contributed by atoms with Crippen LogP contribution < -0.4 is 5.32 Å². The average molecular weight is 447 g/mol. The van der Waals surface area contributed by atoms with E-state index in [1.165, 1.54) is 4.88 Å². The second-order valence-electron chi connectivity index (χ2n) is 5.23. The highest BCUT2D eigenvalue weighted by atomic mass is 127. The van der Waals surface area contributed by atoms with Crippen molar-refractivity contribution in [2.45, 2.75) is 13.1 Å². The van der Waals surface area contributed by atoms with Crippen molar-refractivity contribution in [1.82, 2.24) is 20.3 Å². The maximum absolute atomic E-state index is 4.88. The van der Waals surface area contributed by atoms with Crippen molar-refractivity contribution in [2.75, 3.05) is 33.2 Å². The molecule has 8 heteroatoms. The summed E-state index contributed by atoms with van der Waals surface area (Å²) in [5, 5.41) is 9.52. The first-order valence-electron chi connectivity index (χ1n) is 7.45. The third-order valence-corrected chi connectivity index (χ3v) is 4.64. The summed E-state index contributed by atoms with van der Waals surface area (Å²) in [6.45, 7) is 5.65. The van der Waals surface area contributed by atoms with Crippen molar-refractivity contribution in [3.05, 3.63) is 40.4 Å². The summed E-state index contributed by atoms with van der Waals surface area (Å²) < 4.78 is 4.88. The lowest BCUT2D eigenvalue weighted by Crippen LogP contribution is -2.52. The number of aliphatic imine (C=N–C) groups is 1. The van der Waals surface area contributed by atoms with Crippen LogP contribution in [0.5, 0.6) is 0 Å². The quantitative estimate of drug-likeness (QED) is 0.443. The van der Waals surface area contributed by atoms with Crippen LogP contribution in [0.4, 0.5) is 0 Å². The summed E-state index contributed by atoms with van der Waals surface area (Å²) in [6.07, 6.45) is 1.63. The molecular formula is C15H22IN5OS. The summed E-state index contributed by atoms with van der Waals surface area (Å²) in [7, 11) is 1.85. The number of halogens is 1. The van der Waals surface area contributed by atoms with Gasteiger partial charge < -0.3 is 14.7 Å². The van der Waals surface area contributed by atoms with Crippen molar-refractivity contribution >= 4 is 41.3 Å². The fourth-order valence-corrected chi connectivity index (χ4v) is 3.22. The van der Waals surface area contributed by atoms with Gasteiger partial charge in [-0.25, -0.2) is 0 Å². The number of hydrogen-bond donors (Lipinski definition) is 1. The highest BCUT2D eigenvalue weighted by Crippen LogP contribution is 2.09. The number of rotatable bonds is 4. The highest BCUT2D eigenvalue weighted by molar-refractivity contribution is 14.0. The Hall–Kier alpha value is -1.13. The minimum absolute atomic E-state index is 0. The van der Waals surface area contributed by atoms with E-state index in [4.69, 9.17) is 4.52 Å². The number of guanidine groups is 1. The minimum atomic E-state index is 0. The number of nitrogens with zero attached hydrogens (tertiary/aromatic N) is 4. The molecule has 23 heavy (non-hydrogen) atoms. The zero-order chi connectivity index (χ0) is 15.2. The summed E-state index contributed by atoms with van der Waals surface area (Å²) in [6, 6.07) is 6.14. The normalized spacial score (nSPS) is 16.2.